The van der Waals surface area contributed by atoms with Gasteiger partial charge < -0.3 is 4.98 Å². The number of aromatic amines is 1. The van der Waals surface area contributed by atoms with Crippen LogP contribution in [0.3, 0.4) is 0 Å². The lowest BCUT2D eigenvalue weighted by Gasteiger charge is -2.04. The maximum Gasteiger partial charge on any atom is 0.274 e. The maximum atomic E-state index is 13.8. The van der Waals surface area contributed by atoms with Crippen LogP contribution >= 0.6 is 0 Å². The Morgan fingerprint density at radius 3 is 3.00 bits per heavy atom. The predicted molar refractivity (Wildman–Crippen MR) is 63.4 cm³/mol. The van der Waals surface area contributed by atoms with Gasteiger partial charge in [0.15, 0.2) is 0 Å². The van der Waals surface area contributed by atoms with Crippen molar-refractivity contribution in [1.29, 1.82) is 0 Å². The largest absolute Gasteiger partial charge is 0.316 e. The zero-order valence-corrected chi connectivity index (χ0v) is 8.99. The molecule has 4 nitrogen and oxygen atoms in total. The van der Waals surface area contributed by atoms with Crippen molar-refractivity contribution >= 4 is 29.9 Å². The van der Waals surface area contributed by atoms with Crippen molar-refractivity contribution in [2.45, 2.75) is 6.92 Å². The second-order valence-corrected chi connectivity index (χ2v) is 3.91. The monoisotopic (exact) mass is 227 g/mol. The van der Waals surface area contributed by atoms with Gasteiger partial charge in [-0.25, -0.2) is 8.91 Å². The van der Waals surface area contributed by atoms with Crippen molar-refractivity contribution < 1.29 is 4.39 Å². The normalized spacial score (nSPS) is 11.4. The number of benzene rings is 1. The number of H-pyrrole nitrogens is 1. The van der Waals surface area contributed by atoms with Crippen LogP contribution in [-0.4, -0.2) is 22.4 Å². The van der Waals surface area contributed by atoms with Crippen LogP contribution in [-0.2, 0) is 0 Å². The summed E-state index contributed by atoms with van der Waals surface area (Å²) in [6.07, 6.45) is 1.57. The smallest absolute Gasteiger partial charge is 0.274 e. The van der Waals surface area contributed by atoms with Crippen molar-refractivity contribution in [2.24, 2.45) is 0 Å². The minimum atomic E-state index is -0.630. The van der Waals surface area contributed by atoms with E-state index in [4.69, 9.17) is 7.85 Å². The Morgan fingerprint density at radius 1 is 1.47 bits per heavy atom. The van der Waals surface area contributed by atoms with Gasteiger partial charge in [-0.2, -0.15) is 5.10 Å². The molecule has 0 atom stereocenters. The molecule has 0 aliphatic heterocycles. The lowest BCUT2D eigenvalue weighted by Crippen LogP contribution is -2.16. The van der Waals surface area contributed by atoms with Crippen LogP contribution in [0.4, 0.5) is 4.39 Å². The molecular formula is C11H7BFN3O. The van der Waals surface area contributed by atoms with Gasteiger partial charge in [0, 0.05) is 5.56 Å². The van der Waals surface area contributed by atoms with Crippen molar-refractivity contribution in [3.05, 3.63) is 40.1 Å². The van der Waals surface area contributed by atoms with E-state index in [2.05, 4.69) is 10.1 Å². The molecule has 3 aromatic rings. The van der Waals surface area contributed by atoms with Gasteiger partial charge in [0.05, 0.1) is 11.7 Å². The molecule has 0 saturated heterocycles. The van der Waals surface area contributed by atoms with E-state index in [-0.39, 0.29) is 16.5 Å². The fraction of sp³-hybridized carbons (Fsp3) is 0.0909. The third-order valence-electron chi connectivity index (χ3n) is 2.78. The van der Waals surface area contributed by atoms with Crippen molar-refractivity contribution in [2.75, 3.05) is 0 Å². The van der Waals surface area contributed by atoms with Gasteiger partial charge >= 0.3 is 0 Å². The van der Waals surface area contributed by atoms with E-state index in [1.807, 2.05) is 0 Å². The lowest BCUT2D eigenvalue weighted by atomic mass is 9.95. The van der Waals surface area contributed by atoms with Gasteiger partial charge in [-0.15, -0.1) is 0 Å². The minimum Gasteiger partial charge on any atom is -0.316 e. The molecule has 3 rings (SSSR count). The topological polar surface area (TPSA) is 50.2 Å². The molecule has 0 unspecified atom stereocenters. The fourth-order valence-corrected chi connectivity index (χ4v) is 1.94. The minimum absolute atomic E-state index is 0.00335. The number of rotatable bonds is 0. The molecule has 17 heavy (non-hydrogen) atoms. The molecule has 0 saturated carbocycles. The van der Waals surface area contributed by atoms with Gasteiger partial charge in [-0.1, -0.05) is 11.5 Å². The first-order chi connectivity index (χ1) is 8.09. The first-order valence-electron chi connectivity index (χ1n) is 5.04. The fourth-order valence-electron chi connectivity index (χ4n) is 1.94. The van der Waals surface area contributed by atoms with E-state index in [0.717, 1.165) is 5.56 Å². The lowest BCUT2D eigenvalue weighted by molar-refractivity contribution is 0.643. The molecule has 0 spiro atoms. The first kappa shape index (κ1) is 10.1. The summed E-state index contributed by atoms with van der Waals surface area (Å²) >= 11 is 0. The standard InChI is InChI=1S/C11H7BFN3O/c1-5-4-14-16-7-3-2-6(12)8(13)9(7)15-11(17)10(5)16/h2-4H,1H3,(H,15,17). The molecular weight excluding hydrogens is 220 g/mol. The number of fused-ring (bicyclic) bond motifs is 3. The van der Waals surface area contributed by atoms with Gasteiger partial charge in [0.2, 0.25) is 0 Å². The highest BCUT2D eigenvalue weighted by atomic mass is 19.1. The quantitative estimate of drug-likeness (QED) is 0.565. The van der Waals surface area contributed by atoms with E-state index in [1.54, 1.807) is 19.2 Å². The van der Waals surface area contributed by atoms with E-state index in [1.165, 1.54) is 10.6 Å². The molecule has 6 heteroatoms. The molecule has 0 bridgehead atoms. The second kappa shape index (κ2) is 3.19. The molecule has 2 heterocycles. The predicted octanol–water partition coefficient (Wildman–Crippen LogP) is 0.417. The Bertz CT molecular complexity index is 806. The second-order valence-electron chi connectivity index (χ2n) is 3.91. The average Bonchev–Trinajstić information content (AvgIpc) is 2.68. The SMILES string of the molecule is [B]c1ccc2c([nH]c(=O)c3c(C)cnn32)c1F. The molecule has 2 radical (unpaired) electrons. The highest BCUT2D eigenvalue weighted by Crippen LogP contribution is 2.14. The summed E-state index contributed by atoms with van der Waals surface area (Å²) < 4.78 is 15.2. The number of hydrogen-bond acceptors (Lipinski definition) is 2. The third kappa shape index (κ3) is 1.24. The van der Waals surface area contributed by atoms with Crippen LogP contribution in [0.2, 0.25) is 0 Å². The van der Waals surface area contributed by atoms with Crippen molar-refractivity contribution in [3.8, 4) is 0 Å². The third-order valence-corrected chi connectivity index (χ3v) is 2.78. The number of nitrogens with one attached hydrogen (secondary N) is 1. The Morgan fingerprint density at radius 2 is 2.24 bits per heavy atom. The summed E-state index contributed by atoms with van der Waals surface area (Å²) in [5.41, 5.74) is 1.34. The molecule has 2 aromatic heterocycles. The number of nitrogens with zero attached hydrogens (tertiary/aromatic N) is 2. The summed E-state index contributed by atoms with van der Waals surface area (Å²) in [7, 11) is 5.46. The Kier molecular flexibility index (Phi) is 1.89. The van der Waals surface area contributed by atoms with E-state index < -0.39 is 5.82 Å². The molecule has 0 fully saturated rings. The summed E-state index contributed by atoms with van der Waals surface area (Å²) in [6, 6.07) is 3.08. The van der Waals surface area contributed by atoms with Crippen LogP contribution in [0.5, 0.6) is 0 Å². The van der Waals surface area contributed by atoms with Crippen molar-refractivity contribution in [1.82, 2.24) is 14.6 Å². The zero-order valence-electron chi connectivity index (χ0n) is 8.99. The zero-order chi connectivity index (χ0) is 12.2. The summed E-state index contributed by atoms with van der Waals surface area (Å²) in [5, 5.41) is 4.07. The Balaban J connectivity index is 2.67. The van der Waals surface area contributed by atoms with E-state index >= 15 is 0 Å². The molecule has 1 N–H and O–H groups in total. The highest BCUT2D eigenvalue weighted by molar-refractivity contribution is 6.33. The van der Waals surface area contributed by atoms with Crippen LogP contribution < -0.4 is 11.0 Å². The van der Waals surface area contributed by atoms with Gasteiger partial charge in [-0.3, -0.25) is 4.79 Å². The van der Waals surface area contributed by atoms with Crippen LogP contribution in [0.15, 0.2) is 23.1 Å². The molecule has 82 valence electrons. The summed E-state index contributed by atoms with van der Waals surface area (Å²) in [6.45, 7) is 1.77. The molecule has 1 aromatic carbocycles. The first-order valence-corrected chi connectivity index (χ1v) is 5.04. The van der Waals surface area contributed by atoms with Crippen LogP contribution in [0, 0.1) is 12.7 Å². The van der Waals surface area contributed by atoms with Crippen LogP contribution in [0.1, 0.15) is 5.56 Å². The Hall–Kier alpha value is -2.11. The van der Waals surface area contributed by atoms with Crippen molar-refractivity contribution in [3.63, 3.8) is 0 Å². The number of aryl methyl sites for hydroxylation is 1. The van der Waals surface area contributed by atoms with Gasteiger partial charge in [0.25, 0.3) is 5.56 Å². The molecule has 0 amide bonds. The number of aromatic nitrogens is 3. The summed E-state index contributed by atoms with van der Waals surface area (Å²) in [5.74, 6) is -0.630. The highest BCUT2D eigenvalue weighted by Gasteiger charge is 2.12. The number of halogens is 1. The summed E-state index contributed by atoms with van der Waals surface area (Å²) in [4.78, 5) is 14.3. The number of hydrogen-bond donors (Lipinski definition) is 1. The average molecular weight is 227 g/mol. The van der Waals surface area contributed by atoms with Crippen LogP contribution in [0.25, 0.3) is 16.6 Å². The molecule has 0 aliphatic carbocycles. The van der Waals surface area contributed by atoms with E-state index in [9.17, 15) is 9.18 Å². The Labute approximate surface area is 96.5 Å². The maximum absolute atomic E-state index is 13.8. The molecule has 0 aliphatic rings. The van der Waals surface area contributed by atoms with Gasteiger partial charge in [0.1, 0.15) is 24.7 Å². The van der Waals surface area contributed by atoms with E-state index in [0.29, 0.717) is 11.0 Å². The van der Waals surface area contributed by atoms with Gasteiger partial charge in [-0.05, 0) is 13.0 Å².